The summed E-state index contributed by atoms with van der Waals surface area (Å²) in [7, 11) is 2.11. The fraction of sp³-hybridized carbons (Fsp3) is 0.438. The Balaban J connectivity index is 1.93. The van der Waals surface area contributed by atoms with Crippen LogP contribution in [-0.4, -0.2) is 23.5 Å². The molecular weight excluding hydrogens is 250 g/mol. The Morgan fingerprint density at radius 1 is 1.35 bits per heavy atom. The molecule has 0 aliphatic heterocycles. The first-order valence-corrected chi connectivity index (χ1v) is 7.05. The van der Waals surface area contributed by atoms with E-state index in [1.165, 1.54) is 11.1 Å². The second-order valence-corrected chi connectivity index (χ2v) is 5.11. The van der Waals surface area contributed by atoms with Gasteiger partial charge in [0.05, 0.1) is 6.54 Å². The van der Waals surface area contributed by atoms with Crippen molar-refractivity contribution in [3.05, 3.63) is 53.2 Å². The largest absolute Gasteiger partial charge is 0.465 e. The quantitative estimate of drug-likeness (QED) is 0.842. The van der Waals surface area contributed by atoms with Crippen molar-refractivity contribution < 1.29 is 4.42 Å². The van der Waals surface area contributed by atoms with Crippen LogP contribution in [0.3, 0.4) is 0 Å². The lowest BCUT2D eigenvalue weighted by Gasteiger charge is -2.15. The Bertz CT molecular complexity index is 522. The monoisotopic (exact) mass is 273 g/mol. The summed E-state index contributed by atoms with van der Waals surface area (Å²) in [4.78, 5) is 6.42. The molecular formula is C16H23N3O. The minimum atomic E-state index is 0.795. The number of nitrogens with one attached hydrogen (secondary N) is 1. The van der Waals surface area contributed by atoms with E-state index in [1.807, 2.05) is 19.2 Å². The van der Waals surface area contributed by atoms with Gasteiger partial charge in [-0.3, -0.25) is 9.88 Å². The van der Waals surface area contributed by atoms with Gasteiger partial charge in [0.2, 0.25) is 0 Å². The van der Waals surface area contributed by atoms with Crippen LogP contribution in [0.4, 0.5) is 0 Å². The first kappa shape index (κ1) is 14.8. The zero-order valence-corrected chi connectivity index (χ0v) is 12.5. The average molecular weight is 273 g/mol. The van der Waals surface area contributed by atoms with E-state index in [4.69, 9.17) is 4.42 Å². The number of nitrogens with zero attached hydrogens (tertiary/aromatic N) is 2. The van der Waals surface area contributed by atoms with E-state index < -0.39 is 0 Å². The molecule has 0 amide bonds. The van der Waals surface area contributed by atoms with Crippen LogP contribution in [0.1, 0.15) is 29.6 Å². The second kappa shape index (κ2) is 7.22. The van der Waals surface area contributed by atoms with Gasteiger partial charge in [0.25, 0.3) is 0 Å². The maximum Gasteiger partial charge on any atom is 0.118 e. The smallest absolute Gasteiger partial charge is 0.118 e. The molecule has 2 aromatic heterocycles. The van der Waals surface area contributed by atoms with Crippen molar-refractivity contribution in [1.29, 1.82) is 0 Å². The number of rotatable bonds is 7. The Labute approximate surface area is 120 Å². The van der Waals surface area contributed by atoms with E-state index >= 15 is 0 Å². The molecule has 0 fully saturated rings. The maximum atomic E-state index is 5.77. The number of furan rings is 1. The summed E-state index contributed by atoms with van der Waals surface area (Å²) < 4.78 is 5.77. The van der Waals surface area contributed by atoms with Crippen LogP contribution in [0.15, 0.2) is 35.0 Å². The predicted molar refractivity (Wildman–Crippen MR) is 80.2 cm³/mol. The van der Waals surface area contributed by atoms with Gasteiger partial charge in [-0.15, -0.1) is 0 Å². The molecule has 0 spiro atoms. The Morgan fingerprint density at radius 2 is 2.20 bits per heavy atom. The lowest BCUT2D eigenvalue weighted by molar-refractivity contribution is 0.316. The minimum Gasteiger partial charge on any atom is -0.465 e. The maximum absolute atomic E-state index is 5.77. The van der Waals surface area contributed by atoms with Crippen LogP contribution in [0.5, 0.6) is 0 Å². The van der Waals surface area contributed by atoms with E-state index in [2.05, 4.69) is 41.3 Å². The van der Waals surface area contributed by atoms with Gasteiger partial charge in [0.1, 0.15) is 11.5 Å². The first-order valence-electron chi connectivity index (χ1n) is 7.05. The molecule has 20 heavy (non-hydrogen) atoms. The number of hydrogen-bond acceptors (Lipinski definition) is 4. The van der Waals surface area contributed by atoms with E-state index in [0.717, 1.165) is 37.7 Å². The molecule has 0 aliphatic rings. The Kier molecular flexibility index (Phi) is 5.32. The molecule has 2 heterocycles. The number of hydrogen-bond donors (Lipinski definition) is 1. The van der Waals surface area contributed by atoms with Crippen molar-refractivity contribution in [2.45, 2.75) is 33.5 Å². The van der Waals surface area contributed by atoms with Gasteiger partial charge < -0.3 is 9.73 Å². The van der Waals surface area contributed by atoms with E-state index in [-0.39, 0.29) is 0 Å². The average Bonchev–Trinajstić information content (AvgIpc) is 2.78. The number of pyridine rings is 1. The fourth-order valence-corrected chi connectivity index (χ4v) is 2.23. The summed E-state index contributed by atoms with van der Waals surface area (Å²) in [5, 5.41) is 3.28. The molecule has 0 aromatic carbocycles. The van der Waals surface area contributed by atoms with Crippen LogP contribution in [0.2, 0.25) is 0 Å². The van der Waals surface area contributed by atoms with Gasteiger partial charge in [-0.25, -0.2) is 0 Å². The Morgan fingerprint density at radius 3 is 2.90 bits per heavy atom. The molecule has 0 aliphatic carbocycles. The van der Waals surface area contributed by atoms with Crippen molar-refractivity contribution in [2.24, 2.45) is 0 Å². The minimum absolute atomic E-state index is 0.795. The second-order valence-electron chi connectivity index (χ2n) is 5.11. The van der Waals surface area contributed by atoms with Crippen LogP contribution < -0.4 is 5.32 Å². The third-order valence-corrected chi connectivity index (χ3v) is 3.24. The van der Waals surface area contributed by atoms with Crippen LogP contribution in [-0.2, 0) is 19.6 Å². The molecule has 0 saturated heterocycles. The zero-order valence-electron chi connectivity index (χ0n) is 12.5. The Hall–Kier alpha value is -1.65. The van der Waals surface area contributed by atoms with Crippen molar-refractivity contribution in [3.8, 4) is 0 Å². The van der Waals surface area contributed by atoms with Gasteiger partial charge in [-0.05, 0) is 38.2 Å². The van der Waals surface area contributed by atoms with E-state index in [0.29, 0.717) is 0 Å². The molecule has 0 unspecified atom stereocenters. The normalized spacial score (nSPS) is 11.2. The zero-order chi connectivity index (χ0) is 14.4. The molecule has 2 rings (SSSR count). The molecule has 2 aromatic rings. The summed E-state index contributed by atoms with van der Waals surface area (Å²) in [5.41, 5.74) is 2.48. The SMILES string of the molecule is CCNCc1cc(CN(C)Cc2cccnc2)c(C)o1. The summed E-state index contributed by atoms with van der Waals surface area (Å²) in [5.74, 6) is 2.02. The fourth-order valence-electron chi connectivity index (χ4n) is 2.23. The van der Waals surface area contributed by atoms with Crippen molar-refractivity contribution >= 4 is 0 Å². The van der Waals surface area contributed by atoms with Gasteiger partial charge >= 0.3 is 0 Å². The van der Waals surface area contributed by atoms with Crippen molar-refractivity contribution in [2.75, 3.05) is 13.6 Å². The van der Waals surface area contributed by atoms with Crippen LogP contribution in [0.25, 0.3) is 0 Å². The third-order valence-electron chi connectivity index (χ3n) is 3.24. The first-order chi connectivity index (χ1) is 9.69. The molecule has 108 valence electrons. The topological polar surface area (TPSA) is 41.3 Å². The summed E-state index contributed by atoms with van der Waals surface area (Å²) in [6.45, 7) is 7.65. The standard InChI is InChI=1S/C16H23N3O/c1-4-17-10-16-8-15(13(2)20-16)12-19(3)11-14-6-5-7-18-9-14/h5-9,17H,4,10-12H2,1-3H3. The highest BCUT2D eigenvalue weighted by molar-refractivity contribution is 5.21. The molecule has 0 bridgehead atoms. The molecule has 0 atom stereocenters. The highest BCUT2D eigenvalue weighted by Crippen LogP contribution is 2.17. The third kappa shape index (κ3) is 4.18. The van der Waals surface area contributed by atoms with Crippen molar-refractivity contribution in [3.63, 3.8) is 0 Å². The molecule has 4 nitrogen and oxygen atoms in total. The lowest BCUT2D eigenvalue weighted by Crippen LogP contribution is -2.17. The van der Waals surface area contributed by atoms with Crippen LogP contribution >= 0.6 is 0 Å². The van der Waals surface area contributed by atoms with Gasteiger partial charge in [-0.2, -0.15) is 0 Å². The van der Waals surface area contributed by atoms with Gasteiger partial charge in [0.15, 0.2) is 0 Å². The number of aromatic nitrogens is 1. The molecule has 0 radical (unpaired) electrons. The summed E-state index contributed by atoms with van der Waals surface area (Å²) >= 11 is 0. The van der Waals surface area contributed by atoms with E-state index in [9.17, 15) is 0 Å². The van der Waals surface area contributed by atoms with Gasteiger partial charge in [-0.1, -0.05) is 13.0 Å². The summed E-state index contributed by atoms with van der Waals surface area (Å²) in [6.07, 6.45) is 3.71. The lowest BCUT2D eigenvalue weighted by atomic mass is 10.2. The molecule has 1 N–H and O–H groups in total. The summed E-state index contributed by atoms with van der Waals surface area (Å²) in [6, 6.07) is 6.22. The molecule has 4 heteroatoms. The predicted octanol–water partition coefficient (Wildman–Crippen LogP) is 2.72. The van der Waals surface area contributed by atoms with Crippen molar-refractivity contribution in [1.82, 2.24) is 15.2 Å². The molecule has 0 saturated carbocycles. The number of aryl methyl sites for hydroxylation is 1. The highest BCUT2D eigenvalue weighted by Gasteiger charge is 2.10. The van der Waals surface area contributed by atoms with Gasteiger partial charge in [0, 0.05) is 31.0 Å². The van der Waals surface area contributed by atoms with Crippen LogP contribution in [0, 0.1) is 6.92 Å². The van der Waals surface area contributed by atoms with E-state index in [1.54, 1.807) is 6.20 Å². The highest BCUT2D eigenvalue weighted by atomic mass is 16.3.